The van der Waals surface area contributed by atoms with Crippen LogP contribution in [0.2, 0.25) is 0 Å². The van der Waals surface area contributed by atoms with Crippen LogP contribution in [0.3, 0.4) is 0 Å². The van der Waals surface area contributed by atoms with Gasteiger partial charge >= 0.3 is 0 Å². The predicted molar refractivity (Wildman–Crippen MR) is 69.1 cm³/mol. The summed E-state index contributed by atoms with van der Waals surface area (Å²) in [5.74, 6) is -0.312. The van der Waals surface area contributed by atoms with Crippen LogP contribution in [0.5, 0.6) is 0 Å². The first-order chi connectivity index (χ1) is 6.91. The molecule has 0 heterocycles. The van der Waals surface area contributed by atoms with Crippen LogP contribution in [-0.2, 0) is 0 Å². The lowest BCUT2D eigenvalue weighted by molar-refractivity contribution is 0.0978. The molecule has 0 aliphatic heterocycles. The molecule has 5 heteroatoms. The Kier molecular flexibility index (Phi) is 6.48. The van der Waals surface area contributed by atoms with E-state index < -0.39 is 12.1 Å². The summed E-state index contributed by atoms with van der Waals surface area (Å²) in [5, 5.41) is 9.77. The molecule has 0 aliphatic rings. The van der Waals surface area contributed by atoms with Gasteiger partial charge in [-0.25, -0.2) is 4.39 Å². The Morgan fingerprint density at radius 3 is 2.31 bits per heavy atom. The number of nitrogens with two attached hydrogens (primary N) is 1. The van der Waals surface area contributed by atoms with Crippen LogP contribution in [0, 0.1) is 11.7 Å². The van der Waals surface area contributed by atoms with E-state index in [1.807, 2.05) is 13.8 Å². The Balaban J connectivity index is 0.00000225. The Bertz CT molecular complexity index is 329. The Morgan fingerprint density at radius 1 is 1.31 bits per heavy atom. The standard InChI is InChI=1S/C11H15BrFNO.ClH/c1-6(2)11(15)10(14)7-3-8(12)5-9(13)4-7;/h3-6,10-11,15H,14H2,1-2H3;1H/t10-,11+;/m0./s1. The molecule has 0 aliphatic carbocycles. The lowest BCUT2D eigenvalue weighted by atomic mass is 9.94. The second-order valence-electron chi connectivity index (χ2n) is 3.96. The zero-order valence-corrected chi connectivity index (χ0v) is 11.6. The number of aliphatic hydroxyl groups is 1. The summed E-state index contributed by atoms with van der Waals surface area (Å²) in [6, 6.07) is 3.87. The van der Waals surface area contributed by atoms with Crippen molar-refractivity contribution in [3.8, 4) is 0 Å². The molecule has 1 aromatic carbocycles. The van der Waals surface area contributed by atoms with Gasteiger partial charge in [0.25, 0.3) is 0 Å². The van der Waals surface area contributed by atoms with Crippen LogP contribution >= 0.6 is 28.3 Å². The van der Waals surface area contributed by atoms with E-state index in [2.05, 4.69) is 15.9 Å². The highest BCUT2D eigenvalue weighted by Crippen LogP contribution is 2.23. The number of halogens is 3. The average Bonchev–Trinajstić information content (AvgIpc) is 2.13. The highest BCUT2D eigenvalue weighted by molar-refractivity contribution is 9.10. The molecule has 0 aromatic heterocycles. The Labute approximate surface area is 110 Å². The van der Waals surface area contributed by atoms with Crippen molar-refractivity contribution in [2.45, 2.75) is 26.0 Å². The van der Waals surface area contributed by atoms with E-state index >= 15 is 0 Å². The molecular formula is C11H16BrClFNO. The van der Waals surface area contributed by atoms with Crippen LogP contribution in [0.4, 0.5) is 4.39 Å². The van der Waals surface area contributed by atoms with Gasteiger partial charge in [-0.2, -0.15) is 0 Å². The molecule has 0 spiro atoms. The molecule has 0 fully saturated rings. The molecule has 16 heavy (non-hydrogen) atoms. The minimum atomic E-state index is -0.668. The molecule has 0 unspecified atom stereocenters. The van der Waals surface area contributed by atoms with Crippen molar-refractivity contribution < 1.29 is 9.50 Å². The first-order valence-electron chi connectivity index (χ1n) is 4.81. The van der Waals surface area contributed by atoms with Crippen LogP contribution in [0.1, 0.15) is 25.5 Å². The van der Waals surface area contributed by atoms with Gasteiger partial charge in [0, 0.05) is 4.47 Å². The smallest absolute Gasteiger partial charge is 0.124 e. The van der Waals surface area contributed by atoms with Crippen molar-refractivity contribution in [3.63, 3.8) is 0 Å². The number of hydrogen-bond donors (Lipinski definition) is 2. The second kappa shape index (κ2) is 6.55. The summed E-state index contributed by atoms with van der Waals surface area (Å²) in [6.45, 7) is 3.75. The summed E-state index contributed by atoms with van der Waals surface area (Å²) in [6.07, 6.45) is -0.668. The van der Waals surface area contributed by atoms with E-state index in [1.165, 1.54) is 12.1 Å². The first kappa shape index (κ1) is 15.8. The highest BCUT2D eigenvalue weighted by atomic mass is 79.9. The molecule has 0 saturated heterocycles. The van der Waals surface area contributed by atoms with Crippen molar-refractivity contribution in [1.29, 1.82) is 0 Å². The number of rotatable bonds is 3. The van der Waals surface area contributed by atoms with E-state index in [-0.39, 0.29) is 24.1 Å². The molecule has 0 bridgehead atoms. The van der Waals surface area contributed by atoms with Gasteiger partial charge in [-0.05, 0) is 29.7 Å². The average molecular weight is 313 g/mol. The van der Waals surface area contributed by atoms with Crippen LogP contribution in [0.15, 0.2) is 22.7 Å². The number of benzene rings is 1. The van der Waals surface area contributed by atoms with Gasteiger partial charge in [0.05, 0.1) is 12.1 Å². The third kappa shape index (κ3) is 4.01. The normalized spacial score (nSPS) is 14.4. The van der Waals surface area contributed by atoms with E-state index in [0.717, 1.165) is 0 Å². The van der Waals surface area contributed by atoms with Crippen molar-refractivity contribution in [1.82, 2.24) is 0 Å². The zero-order chi connectivity index (χ0) is 11.6. The Hall–Kier alpha value is -0.160. The summed E-state index contributed by atoms with van der Waals surface area (Å²) < 4.78 is 13.7. The van der Waals surface area contributed by atoms with E-state index in [1.54, 1.807) is 6.07 Å². The predicted octanol–water partition coefficient (Wildman–Crippen LogP) is 3.03. The fourth-order valence-electron chi connectivity index (χ4n) is 1.38. The number of aliphatic hydroxyl groups excluding tert-OH is 1. The molecule has 0 radical (unpaired) electrons. The SMILES string of the molecule is CC(C)[C@@H](O)[C@@H](N)c1cc(F)cc(Br)c1.Cl. The van der Waals surface area contributed by atoms with Gasteiger partial charge in [-0.3, -0.25) is 0 Å². The third-order valence-corrected chi connectivity index (χ3v) is 2.78. The number of hydrogen-bond acceptors (Lipinski definition) is 2. The molecule has 1 rings (SSSR count). The summed E-state index contributed by atoms with van der Waals surface area (Å²) in [4.78, 5) is 0. The first-order valence-corrected chi connectivity index (χ1v) is 5.60. The molecule has 0 saturated carbocycles. The van der Waals surface area contributed by atoms with Gasteiger partial charge in [0.1, 0.15) is 5.82 Å². The molecule has 3 N–H and O–H groups in total. The Morgan fingerprint density at radius 2 is 1.88 bits per heavy atom. The fraction of sp³-hybridized carbons (Fsp3) is 0.455. The van der Waals surface area contributed by atoms with E-state index in [0.29, 0.717) is 10.0 Å². The molecule has 2 atom stereocenters. The molecule has 92 valence electrons. The zero-order valence-electron chi connectivity index (χ0n) is 9.15. The monoisotopic (exact) mass is 311 g/mol. The van der Waals surface area contributed by atoms with Crippen LogP contribution < -0.4 is 5.73 Å². The molecule has 1 aromatic rings. The highest BCUT2D eigenvalue weighted by Gasteiger charge is 2.20. The molecular weight excluding hydrogens is 296 g/mol. The van der Waals surface area contributed by atoms with Crippen molar-refractivity contribution in [3.05, 3.63) is 34.1 Å². The van der Waals surface area contributed by atoms with Gasteiger partial charge in [-0.15, -0.1) is 12.4 Å². The van der Waals surface area contributed by atoms with Crippen molar-refractivity contribution in [2.75, 3.05) is 0 Å². The lowest BCUT2D eigenvalue weighted by Gasteiger charge is -2.22. The minimum Gasteiger partial charge on any atom is -0.391 e. The second-order valence-corrected chi connectivity index (χ2v) is 4.88. The molecule has 0 amide bonds. The van der Waals surface area contributed by atoms with Crippen LogP contribution in [0.25, 0.3) is 0 Å². The van der Waals surface area contributed by atoms with Crippen molar-refractivity contribution >= 4 is 28.3 Å². The summed E-state index contributed by atoms with van der Waals surface area (Å²) in [7, 11) is 0. The van der Waals surface area contributed by atoms with E-state index in [4.69, 9.17) is 5.73 Å². The lowest BCUT2D eigenvalue weighted by Crippen LogP contribution is -2.30. The quantitative estimate of drug-likeness (QED) is 0.901. The van der Waals surface area contributed by atoms with Crippen molar-refractivity contribution in [2.24, 2.45) is 11.7 Å². The maximum absolute atomic E-state index is 13.1. The maximum Gasteiger partial charge on any atom is 0.124 e. The minimum absolute atomic E-state index is 0. The summed E-state index contributed by atoms with van der Waals surface area (Å²) in [5.41, 5.74) is 6.44. The van der Waals surface area contributed by atoms with Gasteiger partial charge < -0.3 is 10.8 Å². The molecule has 2 nitrogen and oxygen atoms in total. The largest absolute Gasteiger partial charge is 0.391 e. The van der Waals surface area contributed by atoms with Gasteiger partial charge in [0.2, 0.25) is 0 Å². The topological polar surface area (TPSA) is 46.2 Å². The third-order valence-electron chi connectivity index (χ3n) is 2.32. The summed E-state index contributed by atoms with van der Waals surface area (Å²) >= 11 is 3.19. The van der Waals surface area contributed by atoms with Crippen LogP contribution in [-0.4, -0.2) is 11.2 Å². The maximum atomic E-state index is 13.1. The van der Waals surface area contributed by atoms with Gasteiger partial charge in [-0.1, -0.05) is 29.8 Å². The fourth-order valence-corrected chi connectivity index (χ4v) is 1.86. The van der Waals surface area contributed by atoms with Gasteiger partial charge in [0.15, 0.2) is 0 Å². The van der Waals surface area contributed by atoms with E-state index in [9.17, 15) is 9.50 Å².